The molecule has 0 heterocycles. The van der Waals surface area contributed by atoms with Gasteiger partial charge >= 0.3 is 5.97 Å². The van der Waals surface area contributed by atoms with Crippen molar-refractivity contribution in [3.63, 3.8) is 0 Å². The first-order valence-electron chi connectivity index (χ1n) is 7.31. The highest BCUT2D eigenvalue weighted by Gasteiger charge is 2.11. The maximum atomic E-state index is 11.6. The summed E-state index contributed by atoms with van der Waals surface area (Å²) in [5.41, 5.74) is 2.21. The predicted molar refractivity (Wildman–Crippen MR) is 91.1 cm³/mol. The number of aromatic hydroxyl groups is 1. The average Bonchev–Trinajstić information content (AvgIpc) is 2.59. The van der Waals surface area contributed by atoms with Crippen molar-refractivity contribution in [1.29, 1.82) is 0 Å². The highest BCUT2D eigenvalue weighted by atomic mass is 16.5. The van der Waals surface area contributed by atoms with E-state index < -0.39 is 0 Å². The fourth-order valence-electron chi connectivity index (χ4n) is 2.55. The number of nitrogens with one attached hydrogen (secondary N) is 1. The Labute approximate surface area is 134 Å². The first-order chi connectivity index (χ1) is 11.2. The Balaban J connectivity index is 2.03. The van der Waals surface area contributed by atoms with Gasteiger partial charge in [-0.15, -0.1) is 0 Å². The van der Waals surface area contributed by atoms with Gasteiger partial charge in [0, 0.05) is 11.1 Å². The Hall–Kier alpha value is -3.01. The van der Waals surface area contributed by atoms with E-state index in [0.29, 0.717) is 5.69 Å². The smallest absolute Gasteiger partial charge is 0.310 e. The van der Waals surface area contributed by atoms with Gasteiger partial charge in [-0.2, -0.15) is 0 Å². The number of hydrogen-bond donors (Lipinski definition) is 2. The minimum Gasteiger partial charge on any atom is -0.506 e. The molecule has 0 amide bonds. The Morgan fingerprint density at radius 2 is 1.78 bits per heavy atom. The maximum Gasteiger partial charge on any atom is 0.310 e. The Morgan fingerprint density at radius 3 is 2.61 bits per heavy atom. The zero-order valence-corrected chi connectivity index (χ0v) is 12.7. The first kappa shape index (κ1) is 14.9. The third kappa shape index (κ3) is 3.11. The highest BCUT2D eigenvalue weighted by molar-refractivity contribution is 5.98. The third-order valence-corrected chi connectivity index (χ3v) is 3.75. The third-order valence-electron chi connectivity index (χ3n) is 3.75. The predicted octanol–water partition coefficient (Wildman–Crippen LogP) is 4.00. The van der Waals surface area contributed by atoms with E-state index in [4.69, 9.17) is 4.74 Å². The van der Waals surface area contributed by atoms with E-state index >= 15 is 0 Å². The van der Waals surface area contributed by atoms with Crippen LogP contribution in [0.15, 0.2) is 60.7 Å². The Morgan fingerprint density at radius 1 is 1.04 bits per heavy atom. The van der Waals surface area contributed by atoms with E-state index in [1.807, 2.05) is 54.6 Å². The molecule has 0 saturated carbocycles. The molecule has 2 N–H and O–H groups in total. The van der Waals surface area contributed by atoms with E-state index in [1.165, 1.54) is 7.11 Å². The number of phenols is 1. The van der Waals surface area contributed by atoms with Gasteiger partial charge in [-0.05, 0) is 23.1 Å². The zero-order valence-electron chi connectivity index (χ0n) is 12.7. The summed E-state index contributed by atoms with van der Waals surface area (Å²) >= 11 is 0. The first-order valence-corrected chi connectivity index (χ1v) is 7.31. The average molecular weight is 307 g/mol. The highest BCUT2D eigenvalue weighted by Crippen LogP contribution is 2.35. The monoisotopic (exact) mass is 307 g/mol. The summed E-state index contributed by atoms with van der Waals surface area (Å²) < 4.78 is 4.74. The fourth-order valence-corrected chi connectivity index (χ4v) is 2.55. The SMILES string of the molecule is COC(=O)Cc1ccccc1Nc1c(O)ccc2ccccc12. The van der Waals surface area contributed by atoms with Crippen molar-refractivity contribution in [2.45, 2.75) is 6.42 Å². The number of anilines is 2. The molecule has 3 rings (SSSR count). The van der Waals surface area contributed by atoms with Gasteiger partial charge in [-0.3, -0.25) is 4.79 Å². The number of carbonyl (C=O) groups is 1. The van der Waals surface area contributed by atoms with Crippen LogP contribution in [-0.4, -0.2) is 18.2 Å². The van der Waals surface area contributed by atoms with Crippen LogP contribution in [0.25, 0.3) is 10.8 Å². The molecule has 4 nitrogen and oxygen atoms in total. The molecule has 0 spiro atoms. The number of hydrogen-bond acceptors (Lipinski definition) is 4. The second-order valence-electron chi connectivity index (χ2n) is 5.22. The zero-order chi connectivity index (χ0) is 16.2. The lowest BCUT2D eigenvalue weighted by Crippen LogP contribution is -2.06. The fraction of sp³-hybridized carbons (Fsp3) is 0.105. The molecule has 0 aliphatic rings. The standard InChI is InChI=1S/C19H17NO3/c1-23-18(22)12-14-7-3-5-9-16(14)20-19-15-8-4-2-6-13(15)10-11-17(19)21/h2-11,20-21H,12H2,1H3. The van der Waals surface area contributed by atoms with Crippen LogP contribution in [0, 0.1) is 0 Å². The van der Waals surface area contributed by atoms with E-state index in [1.54, 1.807) is 6.07 Å². The van der Waals surface area contributed by atoms with Crippen LogP contribution in [0.5, 0.6) is 5.75 Å². The lowest BCUT2D eigenvalue weighted by molar-refractivity contribution is -0.139. The second-order valence-corrected chi connectivity index (χ2v) is 5.22. The summed E-state index contributed by atoms with van der Waals surface area (Å²) in [6.07, 6.45) is 0.172. The van der Waals surface area contributed by atoms with Crippen LogP contribution < -0.4 is 5.32 Å². The van der Waals surface area contributed by atoms with Gasteiger partial charge in [0.15, 0.2) is 0 Å². The van der Waals surface area contributed by atoms with Gasteiger partial charge < -0.3 is 15.2 Å². The number of ether oxygens (including phenoxy) is 1. The van der Waals surface area contributed by atoms with Gasteiger partial charge in [0.25, 0.3) is 0 Å². The molecule has 0 saturated heterocycles. The molecule has 0 fully saturated rings. The van der Waals surface area contributed by atoms with Crippen LogP contribution in [0.4, 0.5) is 11.4 Å². The van der Waals surface area contributed by atoms with Crippen molar-refractivity contribution in [3.8, 4) is 5.75 Å². The van der Waals surface area contributed by atoms with Crippen LogP contribution in [0.1, 0.15) is 5.56 Å². The van der Waals surface area contributed by atoms with E-state index in [-0.39, 0.29) is 18.1 Å². The van der Waals surface area contributed by atoms with Crippen molar-refractivity contribution < 1.29 is 14.6 Å². The van der Waals surface area contributed by atoms with Gasteiger partial charge in [0.05, 0.1) is 19.2 Å². The number of esters is 1. The summed E-state index contributed by atoms with van der Waals surface area (Å²) in [7, 11) is 1.37. The number of benzene rings is 3. The molecule has 116 valence electrons. The topological polar surface area (TPSA) is 58.6 Å². The molecule has 3 aromatic carbocycles. The largest absolute Gasteiger partial charge is 0.506 e. The number of methoxy groups -OCH3 is 1. The van der Waals surface area contributed by atoms with E-state index in [2.05, 4.69) is 5.32 Å². The van der Waals surface area contributed by atoms with Crippen molar-refractivity contribution in [2.24, 2.45) is 0 Å². The summed E-state index contributed by atoms with van der Waals surface area (Å²) in [5.74, 6) is -0.141. The van der Waals surface area contributed by atoms with Crippen LogP contribution >= 0.6 is 0 Å². The molecular formula is C19H17NO3. The quantitative estimate of drug-likeness (QED) is 0.565. The van der Waals surface area contributed by atoms with Crippen molar-refractivity contribution in [1.82, 2.24) is 0 Å². The van der Waals surface area contributed by atoms with Gasteiger partial charge in [-0.1, -0.05) is 48.5 Å². The molecule has 0 radical (unpaired) electrons. The molecule has 4 heteroatoms. The number of rotatable bonds is 4. The second kappa shape index (κ2) is 6.40. The summed E-state index contributed by atoms with van der Waals surface area (Å²) in [6, 6.07) is 18.8. The molecule has 0 aliphatic carbocycles. The van der Waals surface area contributed by atoms with Crippen molar-refractivity contribution in [3.05, 3.63) is 66.2 Å². The summed E-state index contributed by atoms with van der Waals surface area (Å²) in [6.45, 7) is 0. The number of carbonyl (C=O) groups excluding carboxylic acids is 1. The molecular weight excluding hydrogens is 290 g/mol. The molecule has 23 heavy (non-hydrogen) atoms. The number of phenolic OH excluding ortho intramolecular Hbond substituents is 1. The molecule has 0 unspecified atom stereocenters. The Kier molecular flexibility index (Phi) is 4.15. The van der Waals surface area contributed by atoms with Gasteiger partial charge in [-0.25, -0.2) is 0 Å². The van der Waals surface area contributed by atoms with Crippen LogP contribution in [0.2, 0.25) is 0 Å². The molecule has 0 bridgehead atoms. The molecule has 0 aromatic heterocycles. The van der Waals surface area contributed by atoms with Crippen molar-refractivity contribution >= 4 is 28.1 Å². The number of fused-ring (bicyclic) bond motifs is 1. The molecule has 0 atom stereocenters. The Bertz CT molecular complexity index is 858. The van der Waals surface area contributed by atoms with Crippen LogP contribution in [0.3, 0.4) is 0 Å². The van der Waals surface area contributed by atoms with E-state index in [9.17, 15) is 9.90 Å². The van der Waals surface area contributed by atoms with Crippen LogP contribution in [-0.2, 0) is 16.0 Å². The minimum atomic E-state index is -0.304. The maximum absolute atomic E-state index is 11.6. The lowest BCUT2D eigenvalue weighted by atomic mass is 10.1. The number of para-hydroxylation sites is 1. The molecule has 0 aliphatic heterocycles. The van der Waals surface area contributed by atoms with Crippen molar-refractivity contribution in [2.75, 3.05) is 12.4 Å². The normalized spacial score (nSPS) is 10.5. The lowest BCUT2D eigenvalue weighted by Gasteiger charge is -2.15. The minimum absolute atomic E-state index is 0.163. The summed E-state index contributed by atoms with van der Waals surface area (Å²) in [5, 5.41) is 15.4. The van der Waals surface area contributed by atoms with E-state index in [0.717, 1.165) is 22.0 Å². The van der Waals surface area contributed by atoms with Gasteiger partial charge in [0.2, 0.25) is 0 Å². The van der Waals surface area contributed by atoms with Gasteiger partial charge in [0.1, 0.15) is 5.75 Å². The molecule has 3 aromatic rings. The summed E-state index contributed by atoms with van der Waals surface area (Å²) in [4.78, 5) is 11.6.